The lowest BCUT2D eigenvalue weighted by molar-refractivity contribution is -0.321. The van der Waals surface area contributed by atoms with Crippen molar-refractivity contribution in [2.75, 3.05) is 19.7 Å². The first kappa shape index (κ1) is 19.5. The summed E-state index contributed by atoms with van der Waals surface area (Å²) < 4.78 is 76.6. The molecule has 0 saturated carbocycles. The molecule has 1 N–H and O–H groups in total. The molecule has 0 amide bonds. The highest BCUT2D eigenvalue weighted by Crippen LogP contribution is 2.35. The largest absolute Gasteiger partial charge is 0.423 e. The fourth-order valence-electron chi connectivity index (χ4n) is 1.58. The van der Waals surface area contributed by atoms with Crippen LogP contribution in [0.1, 0.15) is 39.0 Å². The second-order valence-electron chi connectivity index (χ2n) is 4.50. The van der Waals surface area contributed by atoms with Crippen molar-refractivity contribution >= 4 is 0 Å². The van der Waals surface area contributed by atoms with E-state index in [-0.39, 0.29) is 6.42 Å². The van der Waals surface area contributed by atoms with Crippen LogP contribution in [0.15, 0.2) is 0 Å². The van der Waals surface area contributed by atoms with E-state index in [0.717, 1.165) is 32.4 Å². The minimum absolute atomic E-state index is 0.191. The lowest BCUT2D eigenvalue weighted by Gasteiger charge is -2.23. The van der Waals surface area contributed by atoms with Crippen molar-refractivity contribution in [3.63, 3.8) is 0 Å². The quantitative estimate of drug-likeness (QED) is 0.485. The SMILES string of the molecule is CCCNCCCCCCOC(C(F)(F)F)C(F)(F)F. The van der Waals surface area contributed by atoms with Gasteiger partial charge in [0, 0.05) is 6.61 Å². The van der Waals surface area contributed by atoms with Gasteiger partial charge in [0.25, 0.3) is 0 Å². The van der Waals surface area contributed by atoms with Gasteiger partial charge >= 0.3 is 12.4 Å². The Labute approximate surface area is 114 Å². The molecular formula is C12H21F6NO. The second kappa shape index (κ2) is 9.44. The molecule has 0 radical (unpaired) electrons. The number of nitrogens with one attached hydrogen (secondary N) is 1. The Morgan fingerprint density at radius 3 is 1.90 bits per heavy atom. The minimum atomic E-state index is -5.41. The number of hydrogen-bond acceptors (Lipinski definition) is 2. The van der Waals surface area contributed by atoms with Crippen molar-refractivity contribution in [1.82, 2.24) is 5.32 Å². The standard InChI is InChI=1S/C12H21F6NO/c1-2-7-19-8-5-3-4-6-9-20-10(11(13,14)15)12(16,17)18/h10,19H,2-9H2,1H3. The Hall–Kier alpha value is -0.500. The van der Waals surface area contributed by atoms with Crippen molar-refractivity contribution in [3.05, 3.63) is 0 Å². The van der Waals surface area contributed by atoms with E-state index < -0.39 is 25.1 Å². The van der Waals surface area contributed by atoms with Crippen LogP contribution in [0.2, 0.25) is 0 Å². The van der Waals surface area contributed by atoms with Gasteiger partial charge < -0.3 is 10.1 Å². The smallest absolute Gasteiger partial charge is 0.361 e. The summed E-state index contributed by atoms with van der Waals surface area (Å²) >= 11 is 0. The average Bonchev–Trinajstić information content (AvgIpc) is 2.28. The molecule has 0 aliphatic carbocycles. The van der Waals surface area contributed by atoms with Crippen LogP contribution in [-0.2, 0) is 4.74 Å². The van der Waals surface area contributed by atoms with Gasteiger partial charge in [-0.2, -0.15) is 26.3 Å². The van der Waals surface area contributed by atoms with E-state index in [1.807, 2.05) is 6.92 Å². The van der Waals surface area contributed by atoms with Gasteiger partial charge in [0.1, 0.15) is 0 Å². The number of rotatable bonds is 10. The molecule has 0 saturated heterocycles. The topological polar surface area (TPSA) is 21.3 Å². The summed E-state index contributed by atoms with van der Waals surface area (Å²) in [4.78, 5) is 0. The monoisotopic (exact) mass is 309 g/mol. The molecule has 0 rings (SSSR count). The average molecular weight is 309 g/mol. The van der Waals surface area contributed by atoms with E-state index in [2.05, 4.69) is 10.1 Å². The number of hydrogen-bond donors (Lipinski definition) is 1. The summed E-state index contributed by atoms with van der Waals surface area (Å²) in [7, 11) is 0. The molecule has 0 fully saturated rings. The van der Waals surface area contributed by atoms with Crippen LogP contribution in [0.25, 0.3) is 0 Å². The lowest BCUT2D eigenvalue weighted by atomic mass is 10.2. The first-order valence-corrected chi connectivity index (χ1v) is 6.65. The Morgan fingerprint density at radius 2 is 1.40 bits per heavy atom. The molecule has 0 bridgehead atoms. The van der Waals surface area contributed by atoms with Crippen molar-refractivity contribution in [2.24, 2.45) is 0 Å². The predicted octanol–water partition coefficient (Wildman–Crippen LogP) is 4.06. The molecule has 0 aromatic rings. The van der Waals surface area contributed by atoms with Gasteiger partial charge in [-0.25, -0.2) is 0 Å². The summed E-state index contributed by atoms with van der Waals surface area (Å²) in [6, 6.07) is 0. The van der Waals surface area contributed by atoms with Crippen LogP contribution in [0.5, 0.6) is 0 Å². The van der Waals surface area contributed by atoms with Crippen LogP contribution in [0.4, 0.5) is 26.3 Å². The van der Waals surface area contributed by atoms with E-state index >= 15 is 0 Å². The third kappa shape index (κ3) is 9.41. The van der Waals surface area contributed by atoms with Crippen LogP contribution in [0, 0.1) is 0 Å². The van der Waals surface area contributed by atoms with Crippen molar-refractivity contribution < 1.29 is 31.1 Å². The highest BCUT2D eigenvalue weighted by molar-refractivity contribution is 4.75. The maximum Gasteiger partial charge on any atom is 0.423 e. The highest BCUT2D eigenvalue weighted by atomic mass is 19.4. The Bertz CT molecular complexity index is 227. The maximum absolute atomic E-state index is 12.1. The number of alkyl halides is 6. The first-order valence-electron chi connectivity index (χ1n) is 6.65. The number of unbranched alkanes of at least 4 members (excludes halogenated alkanes) is 3. The molecule has 0 aliphatic heterocycles. The molecule has 20 heavy (non-hydrogen) atoms. The van der Waals surface area contributed by atoms with E-state index in [4.69, 9.17) is 0 Å². The van der Waals surface area contributed by atoms with Gasteiger partial charge in [-0.05, 0) is 32.4 Å². The zero-order chi connectivity index (χ0) is 15.6. The molecular weight excluding hydrogens is 288 g/mol. The molecule has 0 aliphatic rings. The molecule has 2 nitrogen and oxygen atoms in total. The summed E-state index contributed by atoms with van der Waals surface area (Å²) in [5, 5.41) is 3.16. The van der Waals surface area contributed by atoms with Crippen LogP contribution >= 0.6 is 0 Å². The van der Waals surface area contributed by atoms with Crippen molar-refractivity contribution in [1.29, 1.82) is 0 Å². The third-order valence-electron chi connectivity index (χ3n) is 2.55. The normalized spacial score (nSPS) is 13.2. The minimum Gasteiger partial charge on any atom is -0.361 e. The van der Waals surface area contributed by atoms with Gasteiger partial charge in [-0.15, -0.1) is 0 Å². The van der Waals surface area contributed by atoms with Gasteiger partial charge in [0.05, 0.1) is 0 Å². The van der Waals surface area contributed by atoms with E-state index in [1.165, 1.54) is 0 Å². The summed E-state index contributed by atoms with van der Waals surface area (Å²) in [6.45, 7) is 3.21. The van der Waals surface area contributed by atoms with Crippen molar-refractivity contribution in [3.8, 4) is 0 Å². The van der Waals surface area contributed by atoms with Gasteiger partial charge in [0.15, 0.2) is 0 Å². The van der Waals surface area contributed by atoms with Crippen LogP contribution < -0.4 is 5.32 Å². The summed E-state index contributed by atoms with van der Waals surface area (Å²) in [6.07, 6.45) is -11.1. The molecule has 0 heterocycles. The van der Waals surface area contributed by atoms with Gasteiger partial charge in [-0.1, -0.05) is 19.8 Å². The van der Waals surface area contributed by atoms with Gasteiger partial charge in [0.2, 0.25) is 6.10 Å². The first-order chi connectivity index (χ1) is 9.19. The third-order valence-corrected chi connectivity index (χ3v) is 2.55. The summed E-state index contributed by atoms with van der Waals surface area (Å²) in [5.74, 6) is 0. The molecule has 0 unspecified atom stereocenters. The maximum atomic E-state index is 12.1. The molecule has 0 aromatic carbocycles. The van der Waals surface area contributed by atoms with E-state index in [9.17, 15) is 26.3 Å². The Morgan fingerprint density at radius 1 is 0.850 bits per heavy atom. The predicted molar refractivity (Wildman–Crippen MR) is 63.5 cm³/mol. The van der Waals surface area contributed by atoms with Crippen molar-refractivity contribution in [2.45, 2.75) is 57.5 Å². The molecule has 0 spiro atoms. The molecule has 0 atom stereocenters. The molecule has 8 heteroatoms. The zero-order valence-corrected chi connectivity index (χ0v) is 11.4. The van der Waals surface area contributed by atoms with E-state index in [0.29, 0.717) is 6.42 Å². The second-order valence-corrected chi connectivity index (χ2v) is 4.50. The number of ether oxygens (including phenoxy) is 1. The molecule has 122 valence electrons. The summed E-state index contributed by atoms with van der Waals surface area (Å²) in [5.41, 5.74) is 0. The fraction of sp³-hybridized carbons (Fsp3) is 1.00. The fourth-order valence-corrected chi connectivity index (χ4v) is 1.58. The zero-order valence-electron chi connectivity index (χ0n) is 11.4. The number of halogens is 6. The van der Waals surface area contributed by atoms with Crippen LogP contribution in [-0.4, -0.2) is 38.2 Å². The Balaban J connectivity index is 3.71. The van der Waals surface area contributed by atoms with Crippen LogP contribution in [0.3, 0.4) is 0 Å². The van der Waals surface area contributed by atoms with Gasteiger partial charge in [-0.3, -0.25) is 0 Å². The lowest BCUT2D eigenvalue weighted by Crippen LogP contribution is -2.44. The Kier molecular flexibility index (Phi) is 9.20. The highest BCUT2D eigenvalue weighted by Gasteiger charge is 2.57. The van der Waals surface area contributed by atoms with E-state index in [1.54, 1.807) is 0 Å². The molecule has 0 aromatic heterocycles.